The van der Waals surface area contributed by atoms with E-state index in [1.165, 1.54) is 28.9 Å². The van der Waals surface area contributed by atoms with Crippen LogP contribution in [-0.4, -0.2) is 26.4 Å². The number of non-ortho nitro benzene ring substituents is 1. The molecular weight excluding hydrogens is 288 g/mol. The second kappa shape index (κ2) is 5.76. The molecule has 22 heavy (non-hydrogen) atoms. The molecule has 2 aromatic rings. The van der Waals surface area contributed by atoms with Gasteiger partial charge in [0.1, 0.15) is 0 Å². The number of aryl methyl sites for hydroxylation is 2. The van der Waals surface area contributed by atoms with Gasteiger partial charge in [-0.3, -0.25) is 24.4 Å². The maximum Gasteiger partial charge on any atom is 0.296 e. The van der Waals surface area contributed by atoms with Crippen molar-refractivity contribution in [1.82, 2.24) is 9.78 Å². The van der Waals surface area contributed by atoms with Crippen molar-refractivity contribution in [2.75, 3.05) is 5.32 Å². The lowest BCUT2D eigenvalue weighted by Gasteiger charge is -2.05. The minimum atomic E-state index is -0.861. The van der Waals surface area contributed by atoms with Crippen LogP contribution in [0, 0.1) is 24.0 Å². The Balaban J connectivity index is 2.24. The molecule has 1 N–H and O–H groups in total. The van der Waals surface area contributed by atoms with Gasteiger partial charge in [-0.05, 0) is 19.9 Å². The molecule has 0 fully saturated rings. The normalized spacial score (nSPS) is 10.3. The van der Waals surface area contributed by atoms with E-state index in [2.05, 4.69) is 10.4 Å². The molecule has 8 nitrogen and oxygen atoms in total. The fourth-order valence-corrected chi connectivity index (χ4v) is 2.10. The van der Waals surface area contributed by atoms with E-state index in [1.54, 1.807) is 20.9 Å². The molecule has 0 aliphatic rings. The molecule has 0 radical (unpaired) electrons. The van der Waals surface area contributed by atoms with E-state index >= 15 is 0 Å². The van der Waals surface area contributed by atoms with E-state index in [1.807, 2.05) is 0 Å². The van der Waals surface area contributed by atoms with Crippen LogP contribution in [0.3, 0.4) is 0 Å². The highest BCUT2D eigenvalue weighted by atomic mass is 16.6. The average molecular weight is 302 g/mol. The summed E-state index contributed by atoms with van der Waals surface area (Å²) in [5.74, 6) is -1.59. The van der Waals surface area contributed by atoms with Gasteiger partial charge in [0.25, 0.3) is 17.4 Å². The molecule has 0 saturated carbocycles. The summed E-state index contributed by atoms with van der Waals surface area (Å²) in [6.07, 6.45) is 0. The van der Waals surface area contributed by atoms with Crippen LogP contribution in [0.15, 0.2) is 24.3 Å². The van der Waals surface area contributed by atoms with Gasteiger partial charge in [0, 0.05) is 30.6 Å². The SMILES string of the molecule is Cc1nn(C)c(C)c1C(=O)C(=O)Nc1cccc([N+](=O)[O-])c1. The Morgan fingerprint density at radius 1 is 1.32 bits per heavy atom. The molecule has 0 aliphatic heterocycles. The second-order valence-corrected chi connectivity index (χ2v) is 4.76. The number of carbonyl (C=O) groups excluding carboxylic acids is 2. The Morgan fingerprint density at radius 2 is 2.00 bits per heavy atom. The zero-order chi connectivity index (χ0) is 16.4. The Morgan fingerprint density at radius 3 is 2.55 bits per heavy atom. The van der Waals surface area contributed by atoms with Crippen LogP contribution < -0.4 is 5.32 Å². The first-order valence-corrected chi connectivity index (χ1v) is 6.41. The minimum Gasteiger partial charge on any atom is -0.319 e. The molecule has 1 amide bonds. The quantitative estimate of drug-likeness (QED) is 0.401. The van der Waals surface area contributed by atoms with Crippen LogP contribution in [0.4, 0.5) is 11.4 Å². The number of nitrogens with zero attached hydrogens (tertiary/aromatic N) is 3. The van der Waals surface area contributed by atoms with Gasteiger partial charge in [-0.1, -0.05) is 6.07 Å². The number of amides is 1. The number of nitro benzene ring substituents is 1. The van der Waals surface area contributed by atoms with Crippen LogP contribution in [0.1, 0.15) is 21.7 Å². The number of aromatic nitrogens is 2. The molecule has 0 unspecified atom stereocenters. The predicted octanol–water partition coefficient (Wildman–Crippen LogP) is 1.77. The lowest BCUT2D eigenvalue weighted by atomic mass is 10.1. The largest absolute Gasteiger partial charge is 0.319 e. The number of nitrogens with one attached hydrogen (secondary N) is 1. The van der Waals surface area contributed by atoms with Crippen molar-refractivity contribution in [3.8, 4) is 0 Å². The molecule has 0 atom stereocenters. The third kappa shape index (κ3) is 2.85. The Bertz CT molecular complexity index is 779. The number of anilines is 1. The van der Waals surface area contributed by atoms with Crippen molar-refractivity contribution in [2.45, 2.75) is 13.8 Å². The molecule has 0 aliphatic carbocycles. The van der Waals surface area contributed by atoms with Crippen molar-refractivity contribution < 1.29 is 14.5 Å². The van der Waals surface area contributed by atoms with E-state index < -0.39 is 16.6 Å². The van der Waals surface area contributed by atoms with Crippen LogP contribution in [-0.2, 0) is 11.8 Å². The highest BCUT2D eigenvalue weighted by Crippen LogP contribution is 2.18. The highest BCUT2D eigenvalue weighted by molar-refractivity contribution is 6.47. The molecule has 2 rings (SSSR count). The minimum absolute atomic E-state index is 0.168. The molecule has 0 bridgehead atoms. The number of hydrogen-bond acceptors (Lipinski definition) is 5. The lowest BCUT2D eigenvalue weighted by Crippen LogP contribution is -2.24. The first-order chi connectivity index (χ1) is 10.3. The second-order valence-electron chi connectivity index (χ2n) is 4.76. The van der Waals surface area contributed by atoms with E-state index in [4.69, 9.17) is 0 Å². The Labute approximate surface area is 125 Å². The Kier molecular flexibility index (Phi) is 4.02. The van der Waals surface area contributed by atoms with E-state index in [0.717, 1.165) is 0 Å². The third-order valence-corrected chi connectivity index (χ3v) is 3.26. The number of ketones is 1. The number of benzene rings is 1. The van der Waals surface area contributed by atoms with Crippen molar-refractivity contribution in [3.63, 3.8) is 0 Å². The number of hydrogen-bond donors (Lipinski definition) is 1. The van der Waals surface area contributed by atoms with Crippen molar-refractivity contribution in [2.24, 2.45) is 7.05 Å². The van der Waals surface area contributed by atoms with Crippen LogP contribution >= 0.6 is 0 Å². The summed E-state index contributed by atoms with van der Waals surface area (Å²) in [5, 5.41) is 17.2. The number of nitro groups is 1. The molecule has 0 spiro atoms. The fourth-order valence-electron chi connectivity index (χ4n) is 2.10. The molecule has 8 heteroatoms. The third-order valence-electron chi connectivity index (χ3n) is 3.26. The average Bonchev–Trinajstić information content (AvgIpc) is 2.71. The molecule has 1 aromatic carbocycles. The van der Waals surface area contributed by atoms with Gasteiger partial charge in [0.15, 0.2) is 0 Å². The molecule has 0 saturated heterocycles. The zero-order valence-corrected chi connectivity index (χ0v) is 12.3. The Hall–Kier alpha value is -3.03. The van der Waals surface area contributed by atoms with Gasteiger partial charge < -0.3 is 5.32 Å². The fraction of sp³-hybridized carbons (Fsp3) is 0.214. The first kappa shape index (κ1) is 15.4. The molecule has 1 aromatic heterocycles. The van der Waals surface area contributed by atoms with Gasteiger partial charge in [0.05, 0.1) is 16.2 Å². The van der Waals surface area contributed by atoms with E-state index in [0.29, 0.717) is 11.4 Å². The zero-order valence-electron chi connectivity index (χ0n) is 12.3. The smallest absolute Gasteiger partial charge is 0.296 e. The van der Waals surface area contributed by atoms with E-state index in [9.17, 15) is 19.7 Å². The standard InChI is InChI=1S/C14H14N4O4/c1-8-12(9(2)17(3)16-8)13(19)14(20)15-10-5-4-6-11(7-10)18(21)22/h4-7H,1-3H3,(H,15,20). The molecule has 1 heterocycles. The first-order valence-electron chi connectivity index (χ1n) is 6.41. The predicted molar refractivity (Wildman–Crippen MR) is 78.7 cm³/mol. The van der Waals surface area contributed by atoms with Crippen molar-refractivity contribution in [1.29, 1.82) is 0 Å². The maximum absolute atomic E-state index is 12.2. The summed E-state index contributed by atoms with van der Waals surface area (Å²) in [7, 11) is 1.68. The summed E-state index contributed by atoms with van der Waals surface area (Å²) in [6, 6.07) is 5.39. The maximum atomic E-state index is 12.2. The number of carbonyl (C=O) groups is 2. The summed E-state index contributed by atoms with van der Waals surface area (Å²) in [6.45, 7) is 3.33. The van der Waals surface area contributed by atoms with Crippen LogP contribution in [0.25, 0.3) is 0 Å². The topological polar surface area (TPSA) is 107 Å². The molecule has 114 valence electrons. The lowest BCUT2D eigenvalue weighted by molar-refractivity contribution is -0.384. The summed E-state index contributed by atoms with van der Waals surface area (Å²) in [4.78, 5) is 34.4. The van der Waals surface area contributed by atoms with E-state index in [-0.39, 0.29) is 16.9 Å². The summed E-state index contributed by atoms with van der Waals surface area (Å²) >= 11 is 0. The van der Waals surface area contributed by atoms with Gasteiger partial charge in [-0.15, -0.1) is 0 Å². The van der Waals surface area contributed by atoms with Gasteiger partial charge in [-0.25, -0.2) is 0 Å². The van der Waals surface area contributed by atoms with Crippen LogP contribution in [0.2, 0.25) is 0 Å². The summed E-state index contributed by atoms with van der Waals surface area (Å²) in [5.41, 5.74) is 1.30. The highest BCUT2D eigenvalue weighted by Gasteiger charge is 2.24. The number of rotatable bonds is 4. The van der Waals surface area contributed by atoms with Crippen molar-refractivity contribution >= 4 is 23.1 Å². The van der Waals surface area contributed by atoms with Gasteiger partial charge in [-0.2, -0.15) is 5.10 Å². The van der Waals surface area contributed by atoms with Gasteiger partial charge in [0.2, 0.25) is 0 Å². The number of Topliss-reactive ketones (excluding diaryl/α,β-unsaturated/α-hetero) is 1. The van der Waals surface area contributed by atoms with Gasteiger partial charge >= 0.3 is 0 Å². The van der Waals surface area contributed by atoms with Crippen molar-refractivity contribution in [3.05, 3.63) is 51.3 Å². The van der Waals surface area contributed by atoms with Crippen LogP contribution in [0.5, 0.6) is 0 Å². The molecular formula is C14H14N4O4. The monoisotopic (exact) mass is 302 g/mol. The summed E-state index contributed by atoms with van der Waals surface area (Å²) < 4.78 is 1.52.